The van der Waals surface area contributed by atoms with E-state index in [1.807, 2.05) is 0 Å². The second-order valence-corrected chi connectivity index (χ2v) is 10.7. The first-order chi connectivity index (χ1) is 21.5. The van der Waals surface area contributed by atoms with Gasteiger partial charge >= 0.3 is 23.9 Å². The number of carbonyl (C=O) groups excluding carboxylic acids is 5. The Bertz CT molecular complexity index is 1140. The van der Waals surface area contributed by atoms with Crippen LogP contribution in [-0.4, -0.2) is 127 Å². The van der Waals surface area contributed by atoms with E-state index in [9.17, 15) is 53.4 Å². The predicted octanol–water partition coefficient (Wildman–Crippen LogP) is -3.79. The molecule has 0 saturated carbocycles. The first-order valence-corrected chi connectivity index (χ1v) is 15.3. The van der Waals surface area contributed by atoms with Gasteiger partial charge in [0.2, 0.25) is 29.5 Å². The van der Waals surface area contributed by atoms with Gasteiger partial charge in [-0.05, 0) is 19.3 Å². The van der Waals surface area contributed by atoms with E-state index in [1.54, 1.807) is 0 Å². The number of aliphatic carboxylic acids is 4. The highest BCUT2D eigenvalue weighted by atomic mass is 32.1. The van der Waals surface area contributed by atoms with Crippen molar-refractivity contribution in [2.75, 3.05) is 17.3 Å². The molecule has 46 heavy (non-hydrogen) atoms. The Morgan fingerprint density at radius 2 is 0.761 bits per heavy atom. The van der Waals surface area contributed by atoms with Crippen LogP contribution in [0.1, 0.15) is 38.5 Å². The molecule has 0 aromatic heterocycles. The molecule has 0 rings (SSSR count). The first kappa shape index (κ1) is 42.2. The summed E-state index contributed by atoms with van der Waals surface area (Å²) in [6.45, 7) is 0. The lowest BCUT2D eigenvalue weighted by Crippen LogP contribution is -2.54. The Labute approximate surface area is 278 Å². The highest BCUT2D eigenvalue weighted by Crippen LogP contribution is 2.05. The topological polar surface area (TPSA) is 321 Å². The van der Waals surface area contributed by atoms with Gasteiger partial charge in [-0.1, -0.05) is 0 Å². The Balaban J connectivity index is 5.08. The fraction of sp³-hybridized carbons (Fsp3) is 0.625. The van der Waals surface area contributed by atoms with Crippen molar-refractivity contribution < 1.29 is 63.6 Å². The standard InChI is InChI=1S/C24H38N6O13S3/c25-10(21(36)37)1-4-16(31)26-13(7-44)19(34)29-11(22(38)39)2-5-17(32)27-14(8-45)20(35)30-12(23(40)41)3-6-18(33)28-15(9-46)24(42)43/h10-15,44-46H,1-9,25H2,(H,26,31)(H,27,32)(H,28,33)(H,29,34)(H,30,35)(H,36,37)(H,38,39)(H,40,41)(H,42,43)/t10-,11-,12-,13-,14-,15-/m0/s1. The minimum Gasteiger partial charge on any atom is -0.480 e. The molecule has 0 aromatic rings. The van der Waals surface area contributed by atoms with Crippen molar-refractivity contribution in [2.24, 2.45) is 5.73 Å². The molecule has 0 aliphatic carbocycles. The maximum absolute atomic E-state index is 12.6. The van der Waals surface area contributed by atoms with Gasteiger partial charge in [-0.2, -0.15) is 37.9 Å². The van der Waals surface area contributed by atoms with Crippen LogP contribution >= 0.6 is 37.9 Å². The van der Waals surface area contributed by atoms with Gasteiger partial charge in [0, 0.05) is 36.5 Å². The fourth-order valence-electron chi connectivity index (χ4n) is 3.39. The smallest absolute Gasteiger partial charge is 0.327 e. The number of nitrogens with two attached hydrogens (primary N) is 1. The summed E-state index contributed by atoms with van der Waals surface area (Å²) in [6.07, 6.45) is -2.45. The van der Waals surface area contributed by atoms with Crippen molar-refractivity contribution in [1.29, 1.82) is 0 Å². The van der Waals surface area contributed by atoms with Crippen LogP contribution in [-0.2, 0) is 43.2 Å². The molecule has 0 radical (unpaired) electrons. The van der Waals surface area contributed by atoms with Crippen molar-refractivity contribution in [3.05, 3.63) is 0 Å². The average Bonchev–Trinajstić information content (AvgIpc) is 2.99. The quantitative estimate of drug-likeness (QED) is 0.0452. The number of carbonyl (C=O) groups is 9. The zero-order chi connectivity index (χ0) is 35.6. The number of thiol groups is 3. The van der Waals surface area contributed by atoms with Gasteiger partial charge in [0.05, 0.1) is 0 Å². The summed E-state index contributed by atoms with van der Waals surface area (Å²) in [5.41, 5.74) is 5.33. The van der Waals surface area contributed by atoms with Crippen LogP contribution in [0.3, 0.4) is 0 Å². The third kappa shape index (κ3) is 16.5. The van der Waals surface area contributed by atoms with Crippen LogP contribution in [0.2, 0.25) is 0 Å². The summed E-state index contributed by atoms with van der Waals surface area (Å²) in [5, 5.41) is 47.7. The molecule has 5 amide bonds. The second-order valence-electron chi connectivity index (χ2n) is 9.61. The van der Waals surface area contributed by atoms with Gasteiger partial charge in [-0.15, -0.1) is 0 Å². The molecule has 11 N–H and O–H groups in total. The summed E-state index contributed by atoms with van der Waals surface area (Å²) < 4.78 is 0. The zero-order valence-corrected chi connectivity index (χ0v) is 26.9. The molecule has 0 aromatic carbocycles. The number of rotatable bonds is 23. The molecule has 22 heteroatoms. The minimum atomic E-state index is -1.62. The molecule has 0 heterocycles. The number of amides is 5. The lowest BCUT2D eigenvalue weighted by Gasteiger charge is -2.22. The lowest BCUT2D eigenvalue weighted by atomic mass is 10.1. The van der Waals surface area contributed by atoms with E-state index in [-0.39, 0.29) is 30.1 Å². The van der Waals surface area contributed by atoms with Gasteiger partial charge in [0.1, 0.15) is 36.3 Å². The van der Waals surface area contributed by atoms with Crippen LogP contribution in [0.15, 0.2) is 0 Å². The van der Waals surface area contributed by atoms with Crippen LogP contribution < -0.4 is 32.3 Å². The Morgan fingerprint density at radius 1 is 0.457 bits per heavy atom. The molecule has 0 bridgehead atoms. The van der Waals surface area contributed by atoms with Crippen LogP contribution in [0.25, 0.3) is 0 Å². The molecule has 0 fully saturated rings. The van der Waals surface area contributed by atoms with Crippen molar-refractivity contribution >= 4 is 91.3 Å². The van der Waals surface area contributed by atoms with Crippen LogP contribution in [0.5, 0.6) is 0 Å². The molecule has 0 unspecified atom stereocenters. The SMILES string of the molecule is N[C@@H](CCC(=O)N[C@@H](CS)C(=O)N[C@@H](CCC(=O)N[C@@H](CS)C(=O)N[C@@H](CCC(=O)N[C@@H](CS)C(=O)O)C(=O)O)C(=O)O)C(=O)O. The summed E-state index contributed by atoms with van der Waals surface area (Å²) >= 11 is 11.7. The van der Waals surface area contributed by atoms with Gasteiger partial charge < -0.3 is 52.7 Å². The van der Waals surface area contributed by atoms with E-state index in [2.05, 4.69) is 64.5 Å². The summed E-state index contributed by atoms with van der Waals surface area (Å²) in [7, 11) is 0. The monoisotopic (exact) mass is 714 g/mol. The summed E-state index contributed by atoms with van der Waals surface area (Å²) in [6, 6.07) is -8.52. The third-order valence-corrected chi connectivity index (χ3v) is 7.13. The Kier molecular flexibility index (Phi) is 20.1. The van der Waals surface area contributed by atoms with Crippen LogP contribution in [0.4, 0.5) is 0 Å². The minimum absolute atomic E-state index is 0.217. The Hall–Kier alpha value is -3.76. The second kappa shape index (κ2) is 21.9. The third-order valence-electron chi connectivity index (χ3n) is 6.03. The number of hydrogen-bond donors (Lipinski definition) is 13. The van der Waals surface area contributed by atoms with E-state index in [0.29, 0.717) is 0 Å². The largest absolute Gasteiger partial charge is 0.480 e. The normalized spacial score (nSPS) is 14.6. The molecule has 0 aliphatic heterocycles. The highest BCUT2D eigenvalue weighted by Gasteiger charge is 2.29. The Morgan fingerprint density at radius 3 is 1.04 bits per heavy atom. The number of nitrogens with one attached hydrogen (secondary N) is 5. The average molecular weight is 715 g/mol. The van der Waals surface area contributed by atoms with E-state index in [1.165, 1.54) is 0 Å². The van der Waals surface area contributed by atoms with Crippen molar-refractivity contribution in [1.82, 2.24) is 26.6 Å². The number of carboxylic acids is 4. The van der Waals surface area contributed by atoms with Gasteiger partial charge in [-0.3, -0.25) is 28.8 Å². The van der Waals surface area contributed by atoms with Crippen molar-refractivity contribution in [3.63, 3.8) is 0 Å². The van der Waals surface area contributed by atoms with Crippen molar-refractivity contribution in [2.45, 2.75) is 74.8 Å². The fourth-order valence-corrected chi connectivity index (χ4v) is 4.16. The van der Waals surface area contributed by atoms with E-state index in [4.69, 9.17) is 15.9 Å². The van der Waals surface area contributed by atoms with Gasteiger partial charge in [0.25, 0.3) is 0 Å². The molecule has 0 saturated heterocycles. The molecule has 0 spiro atoms. The molecular weight excluding hydrogens is 676 g/mol. The lowest BCUT2D eigenvalue weighted by molar-refractivity contribution is -0.143. The number of carboxylic acid groups (broad SMARTS) is 4. The molecule has 19 nitrogen and oxygen atoms in total. The summed E-state index contributed by atoms with van der Waals surface area (Å²) in [4.78, 5) is 107. The van der Waals surface area contributed by atoms with Crippen LogP contribution in [0, 0.1) is 0 Å². The van der Waals surface area contributed by atoms with E-state index < -0.39 is 115 Å². The maximum Gasteiger partial charge on any atom is 0.327 e. The van der Waals surface area contributed by atoms with E-state index >= 15 is 0 Å². The van der Waals surface area contributed by atoms with E-state index in [0.717, 1.165) is 0 Å². The van der Waals surface area contributed by atoms with Gasteiger partial charge in [0.15, 0.2) is 0 Å². The summed E-state index contributed by atoms with van der Waals surface area (Å²) in [5.74, 6) is -10.8. The first-order valence-electron chi connectivity index (χ1n) is 13.4. The highest BCUT2D eigenvalue weighted by molar-refractivity contribution is 7.80. The number of hydrogen-bond acceptors (Lipinski definition) is 13. The molecule has 0 aliphatic rings. The van der Waals surface area contributed by atoms with Crippen molar-refractivity contribution in [3.8, 4) is 0 Å². The maximum atomic E-state index is 12.6. The molecule has 6 atom stereocenters. The predicted molar refractivity (Wildman–Crippen MR) is 167 cm³/mol. The molecular formula is C24H38N6O13S3. The zero-order valence-electron chi connectivity index (χ0n) is 24.2. The van der Waals surface area contributed by atoms with Gasteiger partial charge in [-0.25, -0.2) is 14.4 Å². The molecule has 260 valence electrons.